The predicted octanol–water partition coefficient (Wildman–Crippen LogP) is 9.47. The van der Waals surface area contributed by atoms with Gasteiger partial charge in [-0.2, -0.15) is 0 Å². The fourth-order valence-electron chi connectivity index (χ4n) is 5.48. The molecule has 2 heterocycles. The van der Waals surface area contributed by atoms with Crippen molar-refractivity contribution in [1.82, 2.24) is 15.0 Å². The van der Waals surface area contributed by atoms with Crippen LogP contribution in [0.2, 0.25) is 0 Å². The molecule has 3 rings (SSSR count). The molecule has 0 unspecified atom stereocenters. The summed E-state index contributed by atoms with van der Waals surface area (Å²) in [5, 5.41) is 0. The lowest BCUT2D eigenvalue weighted by Gasteiger charge is -2.28. The molecule has 0 saturated heterocycles. The lowest BCUT2D eigenvalue weighted by Crippen LogP contribution is -2.14. The number of hydrogen-bond acceptors (Lipinski definition) is 3. The monoisotopic (exact) mass is 463 g/mol. The minimum absolute atomic E-state index is 0.635. The standard InChI is InChI=1S/C31H49N3/c1-3-5-7-9-10-12-14-16-27-23-33-31(34-24-27)29-21-22-30(32-25-29)28-19-17-26(18-20-28)15-13-11-8-6-4-2/h21-26,28H,3-20H2,1-2H3. The highest BCUT2D eigenvalue weighted by Gasteiger charge is 2.23. The molecule has 3 nitrogen and oxygen atoms in total. The molecule has 0 N–H and O–H groups in total. The minimum atomic E-state index is 0.635. The molecule has 2 aromatic rings. The van der Waals surface area contributed by atoms with Gasteiger partial charge >= 0.3 is 0 Å². The summed E-state index contributed by atoms with van der Waals surface area (Å²) in [5.74, 6) is 2.38. The van der Waals surface area contributed by atoms with Gasteiger partial charge in [0, 0.05) is 35.8 Å². The Kier molecular flexibility index (Phi) is 12.6. The third-order valence-electron chi connectivity index (χ3n) is 7.80. The van der Waals surface area contributed by atoms with Gasteiger partial charge in [-0.05, 0) is 62.1 Å². The van der Waals surface area contributed by atoms with Gasteiger partial charge in [0.25, 0.3) is 0 Å². The largest absolute Gasteiger partial charge is 0.260 e. The number of pyridine rings is 1. The SMILES string of the molecule is CCCCCCCCCc1cnc(-c2ccc(C3CCC(CCCCCCC)CC3)nc2)nc1. The van der Waals surface area contributed by atoms with Crippen molar-refractivity contribution in [2.24, 2.45) is 5.92 Å². The molecule has 0 atom stereocenters. The smallest absolute Gasteiger partial charge is 0.160 e. The van der Waals surface area contributed by atoms with Crippen LogP contribution in [0.1, 0.15) is 140 Å². The minimum Gasteiger partial charge on any atom is -0.260 e. The van der Waals surface area contributed by atoms with E-state index < -0.39 is 0 Å². The van der Waals surface area contributed by atoms with Gasteiger partial charge in [-0.1, -0.05) is 90.9 Å². The van der Waals surface area contributed by atoms with Crippen molar-refractivity contribution in [1.29, 1.82) is 0 Å². The summed E-state index contributed by atoms with van der Waals surface area (Å²) < 4.78 is 0. The molecule has 34 heavy (non-hydrogen) atoms. The Morgan fingerprint density at radius 1 is 0.647 bits per heavy atom. The van der Waals surface area contributed by atoms with Crippen molar-refractivity contribution < 1.29 is 0 Å². The highest BCUT2D eigenvalue weighted by molar-refractivity contribution is 5.53. The summed E-state index contributed by atoms with van der Waals surface area (Å²) in [6.45, 7) is 4.57. The van der Waals surface area contributed by atoms with Crippen LogP contribution in [0.5, 0.6) is 0 Å². The highest BCUT2D eigenvalue weighted by atomic mass is 14.9. The Hall–Kier alpha value is -1.77. The van der Waals surface area contributed by atoms with Crippen molar-refractivity contribution in [3.8, 4) is 11.4 Å². The van der Waals surface area contributed by atoms with Crippen molar-refractivity contribution in [3.05, 3.63) is 42.0 Å². The number of aryl methyl sites for hydroxylation is 1. The summed E-state index contributed by atoms with van der Waals surface area (Å²) in [4.78, 5) is 14.1. The highest BCUT2D eigenvalue weighted by Crippen LogP contribution is 2.37. The first-order valence-electron chi connectivity index (χ1n) is 14.6. The quantitative estimate of drug-likeness (QED) is 0.233. The molecule has 188 valence electrons. The zero-order valence-electron chi connectivity index (χ0n) is 22.1. The summed E-state index contributed by atoms with van der Waals surface area (Å²) in [6, 6.07) is 4.40. The number of hydrogen-bond donors (Lipinski definition) is 0. The lowest BCUT2D eigenvalue weighted by molar-refractivity contribution is 0.299. The van der Waals surface area contributed by atoms with Gasteiger partial charge in [-0.15, -0.1) is 0 Å². The van der Waals surface area contributed by atoms with Crippen molar-refractivity contribution in [2.45, 2.75) is 135 Å². The van der Waals surface area contributed by atoms with E-state index in [0.717, 1.165) is 23.7 Å². The van der Waals surface area contributed by atoms with Gasteiger partial charge in [0.2, 0.25) is 0 Å². The van der Waals surface area contributed by atoms with Crippen LogP contribution in [0.25, 0.3) is 11.4 Å². The predicted molar refractivity (Wildman–Crippen MR) is 145 cm³/mol. The maximum absolute atomic E-state index is 4.83. The van der Waals surface area contributed by atoms with E-state index >= 15 is 0 Å². The van der Waals surface area contributed by atoms with E-state index in [9.17, 15) is 0 Å². The van der Waals surface area contributed by atoms with E-state index in [1.165, 1.54) is 120 Å². The molecule has 0 amide bonds. The van der Waals surface area contributed by atoms with E-state index in [1.807, 2.05) is 18.6 Å². The maximum atomic E-state index is 4.83. The molecule has 0 radical (unpaired) electrons. The van der Waals surface area contributed by atoms with Crippen LogP contribution in [0.4, 0.5) is 0 Å². The van der Waals surface area contributed by atoms with Crippen LogP contribution in [0.3, 0.4) is 0 Å². The first kappa shape index (κ1) is 26.8. The molecular formula is C31H49N3. The van der Waals surface area contributed by atoms with Gasteiger partial charge < -0.3 is 0 Å². The Bertz CT molecular complexity index is 760. The van der Waals surface area contributed by atoms with Gasteiger partial charge in [-0.3, -0.25) is 4.98 Å². The molecule has 2 aromatic heterocycles. The summed E-state index contributed by atoms with van der Waals surface area (Å²) in [6.07, 6.45) is 30.3. The number of aromatic nitrogens is 3. The number of rotatable bonds is 16. The first-order valence-corrected chi connectivity index (χ1v) is 14.6. The molecule has 1 aliphatic carbocycles. The summed E-state index contributed by atoms with van der Waals surface area (Å²) in [5.41, 5.74) is 3.55. The van der Waals surface area contributed by atoms with Crippen molar-refractivity contribution in [2.75, 3.05) is 0 Å². The van der Waals surface area contributed by atoms with E-state index in [1.54, 1.807) is 0 Å². The average molecular weight is 464 g/mol. The zero-order valence-corrected chi connectivity index (χ0v) is 22.1. The number of nitrogens with zero attached hydrogens (tertiary/aromatic N) is 3. The van der Waals surface area contributed by atoms with Crippen LogP contribution in [0.15, 0.2) is 30.7 Å². The fourth-order valence-corrected chi connectivity index (χ4v) is 5.48. The van der Waals surface area contributed by atoms with Crippen LogP contribution in [-0.2, 0) is 6.42 Å². The second-order valence-electron chi connectivity index (χ2n) is 10.7. The van der Waals surface area contributed by atoms with Crippen molar-refractivity contribution >= 4 is 0 Å². The van der Waals surface area contributed by atoms with Gasteiger partial charge in [0.1, 0.15) is 0 Å². The van der Waals surface area contributed by atoms with Gasteiger partial charge in [-0.25, -0.2) is 9.97 Å². The van der Waals surface area contributed by atoms with Crippen LogP contribution in [0, 0.1) is 5.92 Å². The molecule has 1 saturated carbocycles. The van der Waals surface area contributed by atoms with Crippen LogP contribution < -0.4 is 0 Å². The second-order valence-corrected chi connectivity index (χ2v) is 10.7. The zero-order chi connectivity index (χ0) is 23.8. The van der Waals surface area contributed by atoms with E-state index in [2.05, 4.69) is 35.9 Å². The third-order valence-corrected chi connectivity index (χ3v) is 7.80. The summed E-state index contributed by atoms with van der Waals surface area (Å²) >= 11 is 0. The summed E-state index contributed by atoms with van der Waals surface area (Å²) in [7, 11) is 0. The lowest BCUT2D eigenvalue weighted by atomic mass is 9.78. The Labute approximate surface area is 209 Å². The van der Waals surface area contributed by atoms with E-state index in [-0.39, 0.29) is 0 Å². The average Bonchev–Trinajstić information content (AvgIpc) is 2.89. The normalized spacial score (nSPS) is 18.3. The Morgan fingerprint density at radius 3 is 1.88 bits per heavy atom. The molecular weight excluding hydrogens is 414 g/mol. The molecule has 0 aliphatic heterocycles. The molecule has 0 spiro atoms. The topological polar surface area (TPSA) is 38.7 Å². The molecule has 1 aliphatic rings. The van der Waals surface area contributed by atoms with Gasteiger partial charge in [0.05, 0.1) is 0 Å². The van der Waals surface area contributed by atoms with E-state index in [4.69, 9.17) is 4.98 Å². The van der Waals surface area contributed by atoms with Crippen molar-refractivity contribution in [3.63, 3.8) is 0 Å². The van der Waals surface area contributed by atoms with Crippen LogP contribution >= 0.6 is 0 Å². The molecule has 0 bridgehead atoms. The maximum Gasteiger partial charge on any atom is 0.160 e. The van der Waals surface area contributed by atoms with Gasteiger partial charge in [0.15, 0.2) is 5.82 Å². The van der Waals surface area contributed by atoms with E-state index in [0.29, 0.717) is 5.92 Å². The Balaban J connectivity index is 1.37. The number of unbranched alkanes of at least 4 members (excludes halogenated alkanes) is 10. The molecule has 1 fully saturated rings. The molecule has 3 heteroatoms. The fraction of sp³-hybridized carbons (Fsp3) is 0.710. The second kappa shape index (κ2) is 16.0. The first-order chi connectivity index (χ1) is 16.8. The molecule has 0 aromatic carbocycles. The third kappa shape index (κ3) is 9.47. The Morgan fingerprint density at radius 2 is 1.26 bits per heavy atom. The van der Waals surface area contributed by atoms with Crippen LogP contribution in [-0.4, -0.2) is 15.0 Å².